The third-order valence-corrected chi connectivity index (χ3v) is 6.66. The maximum absolute atomic E-state index is 13.3. The third kappa shape index (κ3) is 3.63. The lowest BCUT2D eigenvalue weighted by Crippen LogP contribution is -2.26. The Morgan fingerprint density at radius 1 is 1.19 bits per heavy atom. The van der Waals surface area contributed by atoms with Crippen LogP contribution in [0.2, 0.25) is 0 Å². The van der Waals surface area contributed by atoms with Crippen molar-refractivity contribution in [2.45, 2.75) is 58.4 Å². The van der Waals surface area contributed by atoms with Crippen molar-refractivity contribution < 1.29 is 0 Å². The Kier molecular flexibility index (Phi) is 5.26. The van der Waals surface area contributed by atoms with E-state index in [0.29, 0.717) is 12.5 Å². The van der Waals surface area contributed by atoms with Gasteiger partial charge in [-0.2, -0.15) is 0 Å². The second kappa shape index (κ2) is 7.81. The van der Waals surface area contributed by atoms with E-state index in [0.717, 1.165) is 54.4 Å². The molecule has 4 rings (SSSR count). The minimum absolute atomic E-state index is 0.0988. The van der Waals surface area contributed by atoms with Gasteiger partial charge < -0.3 is 0 Å². The fraction of sp³-hybridized carbons (Fsp3) is 0.391. The Balaban J connectivity index is 1.73. The molecule has 1 aromatic carbocycles. The second-order valence-corrected chi connectivity index (χ2v) is 8.64. The molecule has 0 fully saturated rings. The molecule has 0 saturated carbocycles. The van der Waals surface area contributed by atoms with Crippen LogP contribution in [0, 0.1) is 6.92 Å². The minimum Gasteiger partial charge on any atom is -0.291 e. The molecule has 3 nitrogen and oxygen atoms in total. The summed E-state index contributed by atoms with van der Waals surface area (Å²) in [5.74, 6) is 1.54. The molecule has 0 bridgehead atoms. The molecule has 2 aromatic heterocycles. The molecule has 0 aliphatic heterocycles. The molecule has 1 aliphatic rings. The van der Waals surface area contributed by atoms with Gasteiger partial charge in [0.1, 0.15) is 5.82 Å². The van der Waals surface area contributed by atoms with Crippen molar-refractivity contribution in [3.63, 3.8) is 0 Å². The van der Waals surface area contributed by atoms with Crippen LogP contribution < -0.4 is 5.56 Å². The first-order valence-corrected chi connectivity index (χ1v) is 10.7. The van der Waals surface area contributed by atoms with Crippen molar-refractivity contribution in [2.24, 2.45) is 0 Å². The van der Waals surface area contributed by atoms with E-state index in [1.807, 2.05) is 41.0 Å². The van der Waals surface area contributed by atoms with E-state index < -0.39 is 0 Å². The summed E-state index contributed by atoms with van der Waals surface area (Å²) in [6.45, 7) is 4.80. The third-order valence-electron chi connectivity index (χ3n) is 5.43. The number of rotatable bonds is 6. The van der Waals surface area contributed by atoms with Crippen molar-refractivity contribution in [3.8, 4) is 0 Å². The van der Waals surface area contributed by atoms with Crippen LogP contribution in [-0.4, -0.2) is 9.55 Å². The number of nitrogens with zero attached hydrogens (tertiary/aromatic N) is 2. The van der Waals surface area contributed by atoms with Crippen molar-refractivity contribution >= 4 is 22.2 Å². The molecule has 1 aliphatic carbocycles. The summed E-state index contributed by atoms with van der Waals surface area (Å²) in [5, 5.41) is 0.759. The number of hydrogen-bond donors (Lipinski definition) is 0. The van der Waals surface area contributed by atoms with Gasteiger partial charge in [-0.15, -0.1) is 11.3 Å². The highest BCUT2D eigenvalue weighted by atomic mass is 32.1. The van der Waals surface area contributed by atoms with E-state index in [2.05, 4.69) is 31.2 Å². The van der Waals surface area contributed by atoms with Gasteiger partial charge in [-0.25, -0.2) is 4.98 Å². The topological polar surface area (TPSA) is 34.9 Å². The van der Waals surface area contributed by atoms with E-state index in [4.69, 9.17) is 4.98 Å². The molecule has 0 unspecified atom stereocenters. The zero-order valence-electron chi connectivity index (χ0n) is 16.1. The number of aromatic nitrogens is 2. The van der Waals surface area contributed by atoms with Gasteiger partial charge in [0.15, 0.2) is 0 Å². The summed E-state index contributed by atoms with van der Waals surface area (Å²) in [4.78, 5) is 20.9. The van der Waals surface area contributed by atoms with Crippen LogP contribution in [-0.2, 0) is 13.0 Å². The molecular weight excluding hydrogens is 352 g/mol. The van der Waals surface area contributed by atoms with Gasteiger partial charge >= 0.3 is 0 Å². The summed E-state index contributed by atoms with van der Waals surface area (Å²) >= 11 is 1.85. The molecule has 0 amide bonds. The van der Waals surface area contributed by atoms with Crippen molar-refractivity contribution in [3.05, 3.63) is 74.0 Å². The summed E-state index contributed by atoms with van der Waals surface area (Å²) in [6.07, 6.45) is 9.81. The molecule has 0 atom stereocenters. The molecular formula is C23H26N2OS. The summed E-state index contributed by atoms with van der Waals surface area (Å²) in [5.41, 5.74) is 1.93. The lowest BCUT2D eigenvalue weighted by molar-refractivity contribution is 0.650. The van der Waals surface area contributed by atoms with Crippen LogP contribution in [0.15, 0.2) is 47.3 Å². The molecule has 0 radical (unpaired) electrons. The average molecular weight is 379 g/mol. The fourth-order valence-corrected chi connectivity index (χ4v) is 5.00. The van der Waals surface area contributed by atoms with Crippen molar-refractivity contribution in [1.29, 1.82) is 0 Å². The van der Waals surface area contributed by atoms with Gasteiger partial charge in [0, 0.05) is 22.1 Å². The van der Waals surface area contributed by atoms with E-state index in [9.17, 15) is 4.79 Å². The zero-order valence-corrected chi connectivity index (χ0v) is 16.9. The van der Waals surface area contributed by atoms with Crippen LogP contribution in [0.25, 0.3) is 10.9 Å². The molecule has 0 N–H and O–H groups in total. The Morgan fingerprint density at radius 3 is 2.78 bits per heavy atom. The molecule has 140 valence electrons. The number of fused-ring (bicyclic) bond motifs is 1. The molecule has 0 spiro atoms. The van der Waals surface area contributed by atoms with Crippen LogP contribution in [0.4, 0.5) is 0 Å². The average Bonchev–Trinajstić information content (AvgIpc) is 3.34. The van der Waals surface area contributed by atoms with E-state index in [1.54, 1.807) is 0 Å². The Morgan fingerprint density at radius 2 is 2.00 bits per heavy atom. The van der Waals surface area contributed by atoms with Crippen molar-refractivity contribution in [2.75, 3.05) is 0 Å². The number of unbranched alkanes of at least 4 members (excludes halogenated alkanes) is 1. The van der Waals surface area contributed by atoms with E-state index in [-0.39, 0.29) is 5.56 Å². The summed E-state index contributed by atoms with van der Waals surface area (Å²) < 4.78 is 1.91. The number of allylic oxidation sites excluding steroid dienone is 2. The SMILES string of the molecule is CCCCc1nc2cccc(C)c2c(=O)n1Cc1ccc(C2CC=CC2)s1. The lowest BCUT2D eigenvalue weighted by atomic mass is 10.1. The van der Waals surface area contributed by atoms with Crippen LogP contribution in [0.5, 0.6) is 0 Å². The smallest absolute Gasteiger partial charge is 0.261 e. The normalized spacial score (nSPS) is 14.4. The fourth-order valence-electron chi connectivity index (χ4n) is 3.87. The largest absolute Gasteiger partial charge is 0.291 e. The maximum Gasteiger partial charge on any atom is 0.261 e. The Labute approximate surface area is 164 Å². The summed E-state index contributed by atoms with van der Waals surface area (Å²) in [6, 6.07) is 10.4. The molecule has 2 heterocycles. The molecule has 27 heavy (non-hydrogen) atoms. The number of hydrogen-bond acceptors (Lipinski definition) is 3. The lowest BCUT2D eigenvalue weighted by Gasteiger charge is -2.14. The standard InChI is InChI=1S/C23H26N2OS/c1-3-4-12-21-24-19-11-7-8-16(2)22(19)23(26)25(21)15-18-13-14-20(27-18)17-9-5-6-10-17/h5-8,11,13-14,17H,3-4,9-10,12,15H2,1-2H3. The highest BCUT2D eigenvalue weighted by Crippen LogP contribution is 2.34. The van der Waals surface area contributed by atoms with Gasteiger partial charge in [-0.05, 0) is 49.9 Å². The molecule has 4 heteroatoms. The molecule has 3 aromatic rings. The Hall–Kier alpha value is -2.20. The Bertz CT molecular complexity index is 1040. The van der Waals surface area contributed by atoms with Crippen LogP contribution >= 0.6 is 11.3 Å². The van der Waals surface area contributed by atoms with Gasteiger partial charge in [-0.3, -0.25) is 9.36 Å². The van der Waals surface area contributed by atoms with E-state index in [1.165, 1.54) is 9.75 Å². The molecule has 0 saturated heterocycles. The van der Waals surface area contributed by atoms with Gasteiger partial charge in [0.05, 0.1) is 17.4 Å². The maximum atomic E-state index is 13.3. The first kappa shape index (κ1) is 18.2. The van der Waals surface area contributed by atoms with Gasteiger partial charge in [0.25, 0.3) is 5.56 Å². The van der Waals surface area contributed by atoms with Gasteiger partial charge in [0.2, 0.25) is 0 Å². The number of benzene rings is 1. The number of aryl methyl sites for hydroxylation is 2. The second-order valence-electron chi connectivity index (χ2n) is 7.44. The highest BCUT2D eigenvalue weighted by Gasteiger charge is 2.17. The first-order chi connectivity index (χ1) is 13.2. The quantitative estimate of drug-likeness (QED) is 0.524. The number of thiophene rings is 1. The predicted octanol–water partition coefficient (Wildman–Crippen LogP) is 5.59. The van der Waals surface area contributed by atoms with E-state index >= 15 is 0 Å². The van der Waals surface area contributed by atoms with Crippen LogP contribution in [0.1, 0.15) is 59.7 Å². The van der Waals surface area contributed by atoms with Crippen molar-refractivity contribution in [1.82, 2.24) is 9.55 Å². The first-order valence-electron chi connectivity index (χ1n) is 9.90. The zero-order chi connectivity index (χ0) is 18.8. The predicted molar refractivity (Wildman–Crippen MR) is 114 cm³/mol. The minimum atomic E-state index is 0.0988. The van der Waals surface area contributed by atoms with Crippen LogP contribution in [0.3, 0.4) is 0 Å². The monoisotopic (exact) mass is 378 g/mol. The highest BCUT2D eigenvalue weighted by molar-refractivity contribution is 7.12. The van der Waals surface area contributed by atoms with Gasteiger partial charge in [-0.1, -0.05) is 37.6 Å². The summed E-state index contributed by atoms with van der Waals surface area (Å²) in [7, 11) is 0.